The Hall–Kier alpha value is -0.541. The van der Waals surface area contributed by atoms with Crippen molar-refractivity contribution in [3.8, 4) is 5.75 Å². The van der Waals surface area contributed by atoms with E-state index in [2.05, 4.69) is 53.2 Å². The molecule has 1 aliphatic rings. The van der Waals surface area contributed by atoms with Crippen LogP contribution in [0.1, 0.15) is 136 Å². The molecule has 0 aromatic heterocycles. The molecule has 60 heavy (non-hydrogen) atoms. The Kier molecular flexibility index (Phi) is 46.1. The van der Waals surface area contributed by atoms with Crippen molar-refractivity contribution >= 4 is 155 Å². The van der Waals surface area contributed by atoms with Crippen molar-refractivity contribution in [3.63, 3.8) is 0 Å². The Morgan fingerprint density at radius 1 is 0.700 bits per heavy atom. The minimum Gasteiger partial charge on any atom is -0.494 e. The van der Waals surface area contributed by atoms with Crippen LogP contribution in [0.3, 0.4) is 0 Å². The third-order valence-electron chi connectivity index (χ3n) is 7.20. The molecule has 1 heterocycles. The third-order valence-corrected chi connectivity index (χ3v) is 7.74. The van der Waals surface area contributed by atoms with Gasteiger partial charge in [-0.2, -0.15) is 0 Å². The lowest BCUT2D eigenvalue weighted by atomic mass is 8.76. The van der Waals surface area contributed by atoms with Crippen LogP contribution in [0, 0.1) is 0 Å². The topological polar surface area (TPSA) is 89.5 Å². The number of rotatable bonds is 12. The predicted molar refractivity (Wildman–Crippen MR) is 276 cm³/mol. The van der Waals surface area contributed by atoms with Crippen LogP contribution in [0.25, 0.3) is 0 Å². The van der Waals surface area contributed by atoms with Gasteiger partial charge in [0, 0.05) is 106 Å². The van der Waals surface area contributed by atoms with Crippen molar-refractivity contribution in [1.82, 2.24) is 0 Å². The zero-order valence-electron chi connectivity index (χ0n) is 38.2. The molecule has 25 heteroatoms. The monoisotopic (exact) mass is 874 g/mol. The Labute approximate surface area is 397 Å². The van der Waals surface area contributed by atoms with Gasteiger partial charge < -0.3 is 28.3 Å². The smallest absolute Gasteiger partial charge is 0.494 e. The standard InChI is InChI=1S/C16H25BO3.C10H18O5.2C4H9Cl.CH4.B7.B6.ClH/c1-6-7-12-18-14-10-8-13(9-11-14)17-19-15(2,3)16(4,5)20-17;1-9(2,3)14-7(11)13-8(12)15-10(4,5)6;2*1-2-3-4-5;;1-5-7(4)6(2)3;1-5(2)6(3)4;/h8-11H,6-7,12H2,1-5H3;1-6H3;2*2-4H2,1H3;1H4;;;1H. The van der Waals surface area contributed by atoms with Gasteiger partial charge in [0.15, 0.2) is 0 Å². The SMILES string of the molecule is C.CC(C)(C)OC(=O)OC(=O)OC(C)(C)C.CCCCCl.CCCCCl.CCCCOc1ccc(B2OC(C)(C)C(C)(C)O2)cc1.Cl.[B]B([B])B([B])[B].[B][B]B([B])B([B])[B]. The Balaban J connectivity index is -0.000000160. The molecule has 2 rings (SSSR count). The molecule has 0 N–H and O–H groups in total. The highest BCUT2D eigenvalue weighted by Gasteiger charge is 2.51. The van der Waals surface area contributed by atoms with E-state index < -0.39 is 42.7 Å². The lowest BCUT2D eigenvalue weighted by molar-refractivity contribution is -0.0293. The minimum atomic E-state index is -1.06. The van der Waals surface area contributed by atoms with Gasteiger partial charge in [-0.15, -0.1) is 35.6 Å². The molecule has 1 saturated heterocycles. The van der Waals surface area contributed by atoms with Crippen LogP contribution in [-0.2, 0) is 23.5 Å². The molecule has 1 aromatic carbocycles. The molecule has 8 nitrogen and oxygen atoms in total. The molecule has 0 amide bonds. The van der Waals surface area contributed by atoms with Crippen molar-refractivity contribution in [2.24, 2.45) is 0 Å². The van der Waals surface area contributed by atoms with Crippen LogP contribution < -0.4 is 10.2 Å². The van der Waals surface area contributed by atoms with Crippen molar-refractivity contribution in [2.45, 2.75) is 158 Å². The molecular formula is C35H66B14Cl3O8. The summed E-state index contributed by atoms with van der Waals surface area (Å²) in [5.41, 5.74) is -0.952. The summed E-state index contributed by atoms with van der Waals surface area (Å²) in [6.07, 6.45) is 2.73. The number of unbranched alkanes of at least 4 members (excludes halogenated alkanes) is 3. The molecule has 0 bridgehead atoms. The molecule has 0 saturated carbocycles. The summed E-state index contributed by atoms with van der Waals surface area (Å²) in [6, 6.07) is 8.00. The maximum absolute atomic E-state index is 11.0. The van der Waals surface area contributed by atoms with Crippen LogP contribution in [-0.4, -0.2) is 155 Å². The molecule has 0 atom stereocenters. The lowest BCUT2D eigenvalue weighted by Gasteiger charge is -2.32. The maximum atomic E-state index is 11.0. The number of benzene rings is 1. The van der Waals surface area contributed by atoms with E-state index in [1.807, 2.05) is 24.3 Å². The van der Waals surface area contributed by atoms with Crippen LogP contribution in [0.2, 0.25) is 0 Å². The second kappa shape index (κ2) is 38.9. The number of carbonyl (C=O) groups excluding carboxylic acids is 2. The number of hydrogen-bond acceptors (Lipinski definition) is 8. The first-order chi connectivity index (χ1) is 26.5. The zero-order valence-corrected chi connectivity index (χ0v) is 40.5. The van der Waals surface area contributed by atoms with Crippen LogP contribution in [0.4, 0.5) is 9.59 Å². The fourth-order valence-corrected chi connectivity index (χ4v) is 3.57. The number of hydrogen-bond donors (Lipinski definition) is 0. The second-order valence-corrected chi connectivity index (χ2v) is 16.7. The van der Waals surface area contributed by atoms with E-state index in [1.165, 1.54) is 19.9 Å². The fraction of sp³-hybridized carbons (Fsp3) is 0.771. The minimum absolute atomic E-state index is 0. The van der Waals surface area contributed by atoms with Crippen molar-refractivity contribution in [1.29, 1.82) is 0 Å². The summed E-state index contributed by atoms with van der Waals surface area (Å²) < 4.78 is 31.5. The van der Waals surface area contributed by atoms with E-state index >= 15 is 0 Å². The summed E-state index contributed by atoms with van der Waals surface area (Å²) in [4.78, 5) is 22.0. The van der Waals surface area contributed by atoms with Gasteiger partial charge in [-0.1, -0.05) is 59.6 Å². The number of alkyl halides is 2. The molecule has 17 radical (unpaired) electrons. The van der Waals surface area contributed by atoms with Crippen LogP contribution in [0.15, 0.2) is 24.3 Å². The van der Waals surface area contributed by atoms with Crippen molar-refractivity contribution < 1.29 is 37.8 Å². The molecule has 1 aromatic rings. The van der Waals surface area contributed by atoms with Crippen molar-refractivity contribution in [3.05, 3.63) is 24.3 Å². The van der Waals surface area contributed by atoms with E-state index in [0.29, 0.717) is 0 Å². The van der Waals surface area contributed by atoms with Gasteiger partial charge in [-0.05, 0) is 106 Å². The highest BCUT2D eigenvalue weighted by Crippen LogP contribution is 2.36. The first-order valence-electron chi connectivity index (χ1n) is 19.7. The summed E-state index contributed by atoms with van der Waals surface area (Å²) >= 11 is 10.6. The third kappa shape index (κ3) is 42.7. The van der Waals surface area contributed by atoms with E-state index in [4.69, 9.17) is 109 Å². The molecule has 317 valence electrons. The summed E-state index contributed by atoms with van der Waals surface area (Å²) in [7, 11) is 41.1. The predicted octanol–water partition coefficient (Wildman–Crippen LogP) is 6.20. The van der Waals surface area contributed by atoms with E-state index in [0.717, 1.165) is 55.3 Å². The Morgan fingerprint density at radius 2 is 1.05 bits per heavy atom. The summed E-state index contributed by atoms with van der Waals surface area (Å²) in [6.45, 7) is 25.5. The van der Waals surface area contributed by atoms with Gasteiger partial charge in [-0.25, -0.2) is 9.59 Å². The van der Waals surface area contributed by atoms with E-state index in [9.17, 15) is 9.59 Å². The first kappa shape index (κ1) is 71.1. The first-order valence-corrected chi connectivity index (χ1v) is 20.8. The number of halogens is 3. The average Bonchev–Trinajstić information content (AvgIpc) is 3.31. The van der Waals surface area contributed by atoms with Gasteiger partial charge in [-0.3, -0.25) is 0 Å². The van der Waals surface area contributed by atoms with Gasteiger partial charge in [0.05, 0.1) is 17.8 Å². The molecular weight excluding hydrogens is 806 g/mol. The number of carbonyl (C=O) groups is 2. The van der Waals surface area contributed by atoms with E-state index in [-0.39, 0.29) is 44.5 Å². The average molecular weight is 873 g/mol. The Morgan fingerprint density at radius 3 is 1.27 bits per heavy atom. The molecule has 1 fully saturated rings. The molecule has 1 aliphatic heterocycles. The van der Waals surface area contributed by atoms with Gasteiger partial charge in [0.25, 0.3) is 0 Å². The second-order valence-electron chi connectivity index (χ2n) is 16.0. The normalized spacial score (nSPS) is 12.7. The van der Waals surface area contributed by atoms with Crippen LogP contribution in [0.5, 0.6) is 5.75 Å². The molecule has 0 aliphatic carbocycles. The summed E-state index contributed by atoms with van der Waals surface area (Å²) in [5.74, 6) is 2.53. The highest BCUT2D eigenvalue weighted by atomic mass is 35.5. The maximum Gasteiger partial charge on any atom is 0.519 e. The van der Waals surface area contributed by atoms with Gasteiger partial charge in [0.1, 0.15) is 17.0 Å². The largest absolute Gasteiger partial charge is 0.519 e. The van der Waals surface area contributed by atoms with Gasteiger partial charge in [0.2, 0.25) is 0 Å². The number of ether oxygens (including phenoxy) is 4. The van der Waals surface area contributed by atoms with Crippen molar-refractivity contribution in [2.75, 3.05) is 18.4 Å². The molecule has 0 spiro atoms. The summed E-state index contributed by atoms with van der Waals surface area (Å²) in [5, 5.41) is 0. The van der Waals surface area contributed by atoms with E-state index in [1.54, 1.807) is 41.5 Å². The quantitative estimate of drug-likeness (QED) is 0.0808. The Bertz CT molecular complexity index is 1110. The fourth-order valence-electron chi connectivity index (χ4n) is 3.04. The van der Waals surface area contributed by atoms with Crippen LogP contribution >= 0.6 is 35.6 Å². The highest BCUT2D eigenvalue weighted by molar-refractivity contribution is 7.81. The lowest BCUT2D eigenvalue weighted by Crippen LogP contribution is -2.43. The van der Waals surface area contributed by atoms with Gasteiger partial charge >= 0.3 is 19.4 Å². The molecule has 0 unspecified atom stereocenters. The zero-order chi connectivity index (χ0) is 46.3.